The van der Waals surface area contributed by atoms with Crippen molar-refractivity contribution in [3.8, 4) is 0 Å². The Kier molecular flexibility index (Phi) is 3.71. The lowest BCUT2D eigenvalue weighted by Crippen LogP contribution is -2.53. The first-order valence-corrected chi connectivity index (χ1v) is 7.62. The van der Waals surface area contributed by atoms with Crippen molar-refractivity contribution in [3.05, 3.63) is 0 Å². The van der Waals surface area contributed by atoms with Crippen molar-refractivity contribution in [1.82, 2.24) is 0 Å². The van der Waals surface area contributed by atoms with Gasteiger partial charge < -0.3 is 4.74 Å². The van der Waals surface area contributed by atoms with Crippen LogP contribution in [-0.4, -0.2) is 17.0 Å². The molecule has 0 aromatic carbocycles. The molecule has 5 unspecified atom stereocenters. The minimum atomic E-state index is 0.326. The molecular weight excluding hydrogens is 264 g/mol. The van der Waals surface area contributed by atoms with Gasteiger partial charge in [0, 0.05) is 10.2 Å². The predicted molar refractivity (Wildman–Crippen MR) is 72.0 cm³/mol. The van der Waals surface area contributed by atoms with E-state index in [4.69, 9.17) is 4.74 Å². The third kappa shape index (κ3) is 2.33. The smallest absolute Gasteiger partial charge is 0.0651 e. The van der Waals surface area contributed by atoms with Gasteiger partial charge in [-0.15, -0.1) is 0 Å². The van der Waals surface area contributed by atoms with Crippen molar-refractivity contribution in [2.75, 3.05) is 0 Å². The first-order chi connectivity index (χ1) is 7.41. The molecule has 2 heteroatoms. The average molecular weight is 289 g/mol. The summed E-state index contributed by atoms with van der Waals surface area (Å²) in [5, 5.41) is 0. The van der Waals surface area contributed by atoms with Crippen molar-refractivity contribution in [3.63, 3.8) is 0 Å². The zero-order valence-electron chi connectivity index (χ0n) is 11.0. The Morgan fingerprint density at radius 2 is 1.75 bits per heavy atom. The highest BCUT2D eigenvalue weighted by molar-refractivity contribution is 9.09. The zero-order valence-corrected chi connectivity index (χ0v) is 12.6. The van der Waals surface area contributed by atoms with Crippen LogP contribution in [0.2, 0.25) is 0 Å². The Labute approximate surface area is 108 Å². The normalized spacial score (nSPS) is 47.4. The number of alkyl halides is 1. The second-order valence-corrected chi connectivity index (χ2v) is 7.64. The highest BCUT2D eigenvalue weighted by Crippen LogP contribution is 2.48. The Bertz CT molecular complexity index is 251. The minimum Gasteiger partial charge on any atom is -0.374 e. The Balaban J connectivity index is 1.83. The third-order valence-electron chi connectivity index (χ3n) is 4.96. The number of hydrogen-bond donors (Lipinski definition) is 0. The van der Waals surface area contributed by atoms with Crippen LogP contribution in [0.4, 0.5) is 0 Å². The summed E-state index contributed by atoms with van der Waals surface area (Å²) in [6, 6.07) is 0. The molecule has 2 fully saturated rings. The van der Waals surface area contributed by atoms with Crippen LogP contribution >= 0.6 is 15.9 Å². The van der Waals surface area contributed by atoms with Crippen LogP contribution in [0.25, 0.3) is 0 Å². The van der Waals surface area contributed by atoms with E-state index in [1.165, 1.54) is 25.7 Å². The van der Waals surface area contributed by atoms with Gasteiger partial charge in [-0.25, -0.2) is 0 Å². The van der Waals surface area contributed by atoms with Crippen molar-refractivity contribution >= 4 is 15.9 Å². The fourth-order valence-corrected chi connectivity index (χ4v) is 3.56. The number of halogens is 1. The van der Waals surface area contributed by atoms with Crippen LogP contribution in [-0.2, 0) is 4.74 Å². The first-order valence-electron chi connectivity index (χ1n) is 6.70. The molecule has 0 radical (unpaired) electrons. The molecular formula is C14H25BrO. The summed E-state index contributed by atoms with van der Waals surface area (Å²) in [7, 11) is 0. The van der Waals surface area contributed by atoms with Gasteiger partial charge in [-0.2, -0.15) is 0 Å². The zero-order chi connectivity index (χ0) is 11.9. The van der Waals surface area contributed by atoms with E-state index in [9.17, 15) is 0 Å². The maximum absolute atomic E-state index is 6.30. The lowest BCUT2D eigenvalue weighted by molar-refractivity contribution is -0.137. The van der Waals surface area contributed by atoms with E-state index < -0.39 is 0 Å². The summed E-state index contributed by atoms with van der Waals surface area (Å²) in [6.45, 7) is 9.38. The molecule has 0 amide bonds. The molecule has 0 heterocycles. The van der Waals surface area contributed by atoms with E-state index >= 15 is 0 Å². The van der Waals surface area contributed by atoms with E-state index in [1.807, 2.05) is 0 Å². The molecule has 2 aliphatic carbocycles. The van der Waals surface area contributed by atoms with Gasteiger partial charge >= 0.3 is 0 Å². The summed E-state index contributed by atoms with van der Waals surface area (Å²) in [5.41, 5.74) is 0.326. The number of rotatable bonds is 2. The van der Waals surface area contributed by atoms with Gasteiger partial charge in [-0.1, -0.05) is 43.6 Å². The molecule has 0 N–H and O–H groups in total. The highest BCUT2D eigenvalue weighted by Gasteiger charge is 2.48. The van der Waals surface area contributed by atoms with Gasteiger partial charge in [0.15, 0.2) is 0 Å². The van der Waals surface area contributed by atoms with Crippen molar-refractivity contribution in [1.29, 1.82) is 0 Å². The molecule has 2 saturated carbocycles. The monoisotopic (exact) mass is 288 g/mol. The molecule has 2 rings (SSSR count). The fourth-order valence-electron chi connectivity index (χ4n) is 2.92. The van der Waals surface area contributed by atoms with Gasteiger partial charge in [0.25, 0.3) is 0 Å². The molecule has 2 aliphatic rings. The van der Waals surface area contributed by atoms with Crippen LogP contribution in [0.1, 0.15) is 53.4 Å². The molecule has 5 atom stereocenters. The van der Waals surface area contributed by atoms with Crippen molar-refractivity contribution in [2.24, 2.45) is 17.3 Å². The molecule has 0 aromatic rings. The topological polar surface area (TPSA) is 9.23 Å². The maximum atomic E-state index is 6.30. The van der Waals surface area contributed by atoms with Crippen LogP contribution in [0.15, 0.2) is 0 Å². The summed E-state index contributed by atoms with van der Waals surface area (Å²) < 4.78 is 6.30. The minimum absolute atomic E-state index is 0.326. The first kappa shape index (κ1) is 12.9. The van der Waals surface area contributed by atoms with Crippen LogP contribution < -0.4 is 0 Å². The summed E-state index contributed by atoms with van der Waals surface area (Å²) in [6.07, 6.45) is 6.06. The van der Waals surface area contributed by atoms with E-state index in [0.717, 1.165) is 11.8 Å². The maximum Gasteiger partial charge on any atom is 0.0651 e. The van der Waals surface area contributed by atoms with E-state index in [0.29, 0.717) is 22.5 Å². The van der Waals surface area contributed by atoms with Crippen LogP contribution in [0, 0.1) is 17.3 Å². The van der Waals surface area contributed by atoms with Gasteiger partial charge in [-0.3, -0.25) is 0 Å². The van der Waals surface area contributed by atoms with Gasteiger partial charge in [-0.05, 0) is 37.5 Å². The largest absolute Gasteiger partial charge is 0.374 e. The van der Waals surface area contributed by atoms with Crippen LogP contribution in [0.5, 0.6) is 0 Å². The highest BCUT2D eigenvalue weighted by atomic mass is 79.9. The summed E-state index contributed by atoms with van der Waals surface area (Å²) >= 11 is 3.73. The molecule has 0 saturated heterocycles. The Morgan fingerprint density at radius 1 is 1.06 bits per heavy atom. The van der Waals surface area contributed by atoms with Gasteiger partial charge in [0.1, 0.15) is 0 Å². The van der Waals surface area contributed by atoms with Crippen molar-refractivity contribution < 1.29 is 4.74 Å². The SMILES string of the molecule is CC1CCC(OC2CC(Br)C2(C)C)CC1C. The average Bonchev–Trinajstić information content (AvgIpc) is 2.23. The van der Waals surface area contributed by atoms with E-state index in [2.05, 4.69) is 43.6 Å². The lowest BCUT2D eigenvalue weighted by Gasteiger charge is -2.51. The molecule has 1 nitrogen and oxygen atoms in total. The second kappa shape index (κ2) is 4.61. The second-order valence-electron chi connectivity index (χ2n) is 6.54. The third-order valence-corrected chi connectivity index (χ3v) is 6.52. The van der Waals surface area contributed by atoms with E-state index in [-0.39, 0.29) is 0 Å². The van der Waals surface area contributed by atoms with Crippen LogP contribution in [0.3, 0.4) is 0 Å². The number of hydrogen-bond acceptors (Lipinski definition) is 1. The Hall–Kier alpha value is 0.440. The molecule has 94 valence electrons. The number of ether oxygens (including phenoxy) is 1. The summed E-state index contributed by atoms with van der Waals surface area (Å²) in [5.74, 6) is 1.72. The Morgan fingerprint density at radius 3 is 2.25 bits per heavy atom. The fraction of sp³-hybridized carbons (Fsp3) is 1.00. The summed E-state index contributed by atoms with van der Waals surface area (Å²) in [4.78, 5) is 0.643. The predicted octanol–water partition coefficient (Wildman–Crippen LogP) is 4.39. The molecule has 0 aliphatic heterocycles. The molecule has 0 spiro atoms. The quantitative estimate of drug-likeness (QED) is 0.685. The van der Waals surface area contributed by atoms with Gasteiger partial charge in [0.05, 0.1) is 12.2 Å². The van der Waals surface area contributed by atoms with E-state index in [1.54, 1.807) is 0 Å². The van der Waals surface area contributed by atoms with Gasteiger partial charge in [0.2, 0.25) is 0 Å². The molecule has 0 bridgehead atoms. The molecule has 16 heavy (non-hydrogen) atoms. The molecule has 0 aromatic heterocycles. The standard InChI is InChI=1S/C14H25BrO/c1-9-5-6-11(7-10(9)2)16-13-8-12(15)14(13,3)4/h9-13H,5-8H2,1-4H3. The lowest BCUT2D eigenvalue weighted by atomic mass is 9.68. The van der Waals surface area contributed by atoms with Crippen molar-refractivity contribution in [2.45, 2.75) is 70.4 Å².